The lowest BCUT2D eigenvalue weighted by molar-refractivity contribution is -0.167. The molecule has 0 aliphatic heterocycles. The van der Waals surface area contributed by atoms with Crippen molar-refractivity contribution in [3.63, 3.8) is 0 Å². The Morgan fingerprint density at radius 2 is 0.500 bits per heavy atom. The van der Waals surface area contributed by atoms with Crippen molar-refractivity contribution < 1.29 is 28.6 Å². The van der Waals surface area contributed by atoms with E-state index in [1.807, 2.05) is 0 Å². The highest BCUT2D eigenvalue weighted by molar-refractivity contribution is 5.71. The molecule has 0 N–H and O–H groups in total. The quantitative estimate of drug-likeness (QED) is 0.0261. The number of rotatable bonds is 56. The third-order valence-electron chi connectivity index (χ3n) is 13.1. The summed E-state index contributed by atoms with van der Waals surface area (Å²) in [6, 6.07) is 0. The zero-order chi connectivity index (χ0) is 56.4. The van der Waals surface area contributed by atoms with E-state index in [-0.39, 0.29) is 31.1 Å². The van der Waals surface area contributed by atoms with Gasteiger partial charge in [-0.1, -0.05) is 276 Å². The molecule has 0 aromatic heterocycles. The van der Waals surface area contributed by atoms with Crippen molar-refractivity contribution in [1.29, 1.82) is 0 Å². The lowest BCUT2D eigenvalue weighted by Gasteiger charge is -2.18. The summed E-state index contributed by atoms with van der Waals surface area (Å²) >= 11 is 0. The lowest BCUT2D eigenvalue weighted by atomic mass is 10.1. The summed E-state index contributed by atoms with van der Waals surface area (Å²) < 4.78 is 16.8. The van der Waals surface area contributed by atoms with E-state index < -0.39 is 6.10 Å². The minimum Gasteiger partial charge on any atom is -0.462 e. The molecule has 0 saturated carbocycles. The van der Waals surface area contributed by atoms with E-state index in [1.54, 1.807) is 0 Å². The van der Waals surface area contributed by atoms with Crippen molar-refractivity contribution in [1.82, 2.24) is 0 Å². The number of allylic oxidation sites excluding steroid dienone is 24. The molecule has 0 radical (unpaired) electrons. The summed E-state index contributed by atoms with van der Waals surface area (Å²) in [4.78, 5) is 38.2. The number of carbonyl (C=O) groups excluding carboxylic acids is 3. The molecular weight excluding hydrogens is 961 g/mol. The zero-order valence-corrected chi connectivity index (χ0v) is 50.4. The molecule has 6 nitrogen and oxygen atoms in total. The van der Waals surface area contributed by atoms with Gasteiger partial charge in [0, 0.05) is 19.3 Å². The van der Waals surface area contributed by atoms with Crippen LogP contribution >= 0.6 is 0 Å². The van der Waals surface area contributed by atoms with Gasteiger partial charge in [0.25, 0.3) is 0 Å². The first kappa shape index (κ1) is 73.3. The van der Waals surface area contributed by atoms with E-state index in [0.29, 0.717) is 19.3 Å². The molecule has 0 fully saturated rings. The summed E-state index contributed by atoms with van der Waals surface area (Å²) in [7, 11) is 0. The first-order valence-corrected chi connectivity index (χ1v) is 31.8. The number of hydrogen-bond acceptors (Lipinski definition) is 6. The fourth-order valence-electron chi connectivity index (χ4n) is 8.39. The van der Waals surface area contributed by atoms with Crippen LogP contribution in [0.5, 0.6) is 0 Å². The Hall–Kier alpha value is -4.71. The molecule has 0 spiro atoms. The number of carbonyl (C=O) groups is 3. The molecule has 0 aliphatic carbocycles. The molecule has 0 heterocycles. The van der Waals surface area contributed by atoms with Crippen LogP contribution in [-0.2, 0) is 28.6 Å². The highest BCUT2D eigenvalue weighted by Gasteiger charge is 2.19. The third-order valence-corrected chi connectivity index (χ3v) is 13.1. The Morgan fingerprint density at radius 3 is 0.782 bits per heavy atom. The Kier molecular flexibility index (Phi) is 60.9. The second-order valence-electron chi connectivity index (χ2n) is 20.6. The van der Waals surface area contributed by atoms with E-state index in [2.05, 4.69) is 167 Å². The van der Waals surface area contributed by atoms with Crippen molar-refractivity contribution in [3.8, 4) is 0 Å². The molecule has 0 amide bonds. The van der Waals surface area contributed by atoms with Crippen molar-refractivity contribution in [2.24, 2.45) is 0 Å². The molecule has 0 bridgehead atoms. The maximum absolute atomic E-state index is 12.9. The van der Waals surface area contributed by atoms with Crippen molar-refractivity contribution in [2.75, 3.05) is 13.2 Å². The predicted octanol–water partition coefficient (Wildman–Crippen LogP) is 21.9. The SMILES string of the molecule is CC/C=C\C/C=C\C/C=C\C/C=C\C/C=C\C/C=C\C/C=C\CCCCCCCC(=O)OCC(COC(=O)CCCCCCCCCC)OC(=O)CCCCCCCCCCC/C=C\C/C=C\C/C=C\C/C=C\C/C=C\CC. The van der Waals surface area contributed by atoms with Gasteiger partial charge in [0.2, 0.25) is 0 Å². The van der Waals surface area contributed by atoms with Gasteiger partial charge < -0.3 is 14.2 Å². The smallest absolute Gasteiger partial charge is 0.306 e. The van der Waals surface area contributed by atoms with Gasteiger partial charge in [-0.2, -0.15) is 0 Å². The Bertz CT molecular complexity index is 1710. The van der Waals surface area contributed by atoms with E-state index >= 15 is 0 Å². The van der Waals surface area contributed by atoms with Crippen LogP contribution in [0.4, 0.5) is 0 Å². The standard InChI is InChI=1S/C72H116O6/c1-4-7-10-13-16-19-21-23-25-27-29-31-33-35-36-38-39-41-43-45-47-49-51-53-56-59-62-65-71(74)77-68-69(67-76-70(73)64-61-58-55-18-15-12-9-6-3)78-72(75)66-63-60-57-54-52-50-48-46-44-42-40-37-34-32-30-28-26-24-22-20-17-14-11-8-5-2/h7-8,10-11,16-17,19-20,23-26,29-32,35-37,39-41,45,47,69H,4-6,9,12-15,18,21-22,27-28,33-34,38,42-44,46,48-68H2,1-3H3/b10-7-,11-8-,19-16-,20-17-,25-23-,26-24-,31-29-,32-30-,36-35-,40-37-,41-39-,47-45-. The van der Waals surface area contributed by atoms with Crippen LogP contribution in [0, 0.1) is 0 Å². The monoisotopic (exact) mass is 1080 g/mol. The van der Waals surface area contributed by atoms with Crippen LogP contribution in [0.1, 0.15) is 271 Å². The van der Waals surface area contributed by atoms with Crippen LogP contribution in [0.25, 0.3) is 0 Å². The zero-order valence-electron chi connectivity index (χ0n) is 50.4. The van der Waals surface area contributed by atoms with Crippen molar-refractivity contribution in [2.45, 2.75) is 277 Å². The highest BCUT2D eigenvalue weighted by atomic mass is 16.6. The van der Waals surface area contributed by atoms with E-state index in [1.165, 1.54) is 70.6 Å². The summed E-state index contributed by atoms with van der Waals surface area (Å²) in [5.74, 6) is -0.922. The second kappa shape index (κ2) is 64.8. The van der Waals surface area contributed by atoms with E-state index in [0.717, 1.165) is 161 Å². The third kappa shape index (κ3) is 62.1. The molecule has 0 rings (SSSR count). The Labute approximate surface area is 480 Å². The van der Waals surface area contributed by atoms with Gasteiger partial charge in [-0.15, -0.1) is 0 Å². The molecule has 78 heavy (non-hydrogen) atoms. The van der Waals surface area contributed by atoms with Crippen molar-refractivity contribution in [3.05, 3.63) is 146 Å². The maximum Gasteiger partial charge on any atom is 0.306 e. The largest absolute Gasteiger partial charge is 0.462 e. The first-order chi connectivity index (χ1) is 38.5. The van der Waals surface area contributed by atoms with Gasteiger partial charge in [0.15, 0.2) is 6.10 Å². The minimum atomic E-state index is -0.794. The Balaban J connectivity index is 4.28. The average Bonchev–Trinajstić information content (AvgIpc) is 3.44. The summed E-state index contributed by atoms with van der Waals surface area (Å²) in [6.45, 7) is 6.36. The number of ether oxygens (including phenoxy) is 3. The van der Waals surface area contributed by atoms with E-state index in [4.69, 9.17) is 14.2 Å². The molecule has 0 aromatic carbocycles. The summed E-state index contributed by atoms with van der Waals surface area (Å²) in [5, 5.41) is 0. The van der Waals surface area contributed by atoms with Crippen LogP contribution in [0.3, 0.4) is 0 Å². The molecular formula is C72H116O6. The number of esters is 3. The topological polar surface area (TPSA) is 78.9 Å². The minimum absolute atomic E-state index is 0.0903. The normalized spacial score (nSPS) is 13.1. The number of hydrogen-bond donors (Lipinski definition) is 0. The average molecular weight is 1080 g/mol. The molecule has 0 aromatic rings. The Morgan fingerprint density at radius 1 is 0.269 bits per heavy atom. The first-order valence-electron chi connectivity index (χ1n) is 31.8. The molecule has 0 saturated heterocycles. The molecule has 0 aliphatic rings. The fraction of sp³-hybridized carbons (Fsp3) is 0.625. The second-order valence-corrected chi connectivity index (χ2v) is 20.6. The summed E-state index contributed by atoms with van der Waals surface area (Å²) in [5.41, 5.74) is 0. The fourth-order valence-corrected chi connectivity index (χ4v) is 8.39. The van der Waals surface area contributed by atoms with Gasteiger partial charge in [-0.25, -0.2) is 0 Å². The molecule has 6 heteroatoms. The number of unbranched alkanes of at least 4 members (excludes halogenated alkanes) is 21. The lowest BCUT2D eigenvalue weighted by Crippen LogP contribution is -2.30. The van der Waals surface area contributed by atoms with Gasteiger partial charge in [0.1, 0.15) is 13.2 Å². The van der Waals surface area contributed by atoms with Gasteiger partial charge in [-0.3, -0.25) is 14.4 Å². The van der Waals surface area contributed by atoms with Gasteiger partial charge >= 0.3 is 17.9 Å². The molecule has 1 unspecified atom stereocenters. The van der Waals surface area contributed by atoms with Gasteiger partial charge in [0.05, 0.1) is 0 Å². The highest BCUT2D eigenvalue weighted by Crippen LogP contribution is 2.15. The van der Waals surface area contributed by atoms with Crippen LogP contribution in [0.2, 0.25) is 0 Å². The molecule has 440 valence electrons. The summed E-state index contributed by atoms with van der Waals surface area (Å²) in [6.07, 6.45) is 92.9. The van der Waals surface area contributed by atoms with Crippen LogP contribution in [0.15, 0.2) is 146 Å². The van der Waals surface area contributed by atoms with E-state index in [9.17, 15) is 14.4 Å². The van der Waals surface area contributed by atoms with Gasteiger partial charge in [-0.05, 0) is 122 Å². The van der Waals surface area contributed by atoms with Crippen LogP contribution < -0.4 is 0 Å². The maximum atomic E-state index is 12.9. The van der Waals surface area contributed by atoms with Crippen molar-refractivity contribution >= 4 is 17.9 Å². The van der Waals surface area contributed by atoms with Crippen LogP contribution in [-0.4, -0.2) is 37.2 Å². The molecule has 1 atom stereocenters. The predicted molar refractivity (Wildman–Crippen MR) is 339 cm³/mol.